The molecule has 0 aromatic heterocycles. The molecule has 0 bridgehead atoms. The summed E-state index contributed by atoms with van der Waals surface area (Å²) in [4.78, 5) is 0. The Kier molecular flexibility index (Phi) is 1.54. The molecule has 0 heterocycles. The van der Waals surface area contributed by atoms with Crippen LogP contribution in [0.2, 0.25) is 0 Å². The van der Waals surface area contributed by atoms with Crippen LogP contribution in [0.15, 0.2) is 35.9 Å². The van der Waals surface area contributed by atoms with Crippen molar-refractivity contribution in [3.05, 3.63) is 41.5 Å². The predicted molar refractivity (Wildman–Crippen MR) is 48.2 cm³/mol. The molecular weight excluding hydrogens is 132 g/mol. The van der Waals surface area contributed by atoms with Gasteiger partial charge in [0.2, 0.25) is 0 Å². The van der Waals surface area contributed by atoms with Crippen molar-refractivity contribution in [2.75, 3.05) is 0 Å². The van der Waals surface area contributed by atoms with Crippen molar-refractivity contribution in [3.8, 4) is 0 Å². The van der Waals surface area contributed by atoms with Crippen molar-refractivity contribution in [2.45, 2.75) is 13.3 Å². The molecule has 1 aromatic rings. The van der Waals surface area contributed by atoms with Crippen LogP contribution in [-0.2, 0) is 0 Å². The van der Waals surface area contributed by atoms with Gasteiger partial charge in [-0.15, -0.1) is 0 Å². The van der Waals surface area contributed by atoms with Gasteiger partial charge in [-0.05, 0) is 17.9 Å². The zero-order valence-corrected chi connectivity index (χ0v) is 6.75. The predicted octanol–water partition coefficient (Wildman–Crippen LogP) is 3.11. The lowest BCUT2D eigenvalue weighted by atomic mass is 10.2. The van der Waals surface area contributed by atoms with Gasteiger partial charge in [0, 0.05) is 0 Å². The van der Waals surface area contributed by atoms with E-state index in [1.54, 1.807) is 5.57 Å². The third-order valence-electron chi connectivity index (χ3n) is 2.17. The lowest BCUT2D eigenvalue weighted by molar-refractivity contribution is 1.02. The fourth-order valence-corrected chi connectivity index (χ4v) is 1.26. The lowest BCUT2D eigenvalue weighted by Gasteiger charge is -1.88. The summed E-state index contributed by atoms with van der Waals surface area (Å²) in [5, 5.41) is 0. The van der Waals surface area contributed by atoms with Crippen LogP contribution in [0.5, 0.6) is 0 Å². The van der Waals surface area contributed by atoms with Crippen LogP contribution in [0.4, 0.5) is 0 Å². The molecule has 56 valence electrons. The molecule has 0 saturated heterocycles. The molecule has 1 unspecified atom stereocenters. The van der Waals surface area contributed by atoms with Gasteiger partial charge in [0.25, 0.3) is 0 Å². The average molecular weight is 144 g/mol. The van der Waals surface area contributed by atoms with Gasteiger partial charge in [0.05, 0.1) is 0 Å². The first kappa shape index (κ1) is 6.66. The molecule has 0 radical (unpaired) electrons. The highest BCUT2D eigenvalue weighted by Gasteiger charge is 2.23. The van der Waals surface area contributed by atoms with Crippen molar-refractivity contribution in [1.29, 1.82) is 0 Å². The summed E-state index contributed by atoms with van der Waals surface area (Å²) in [6, 6.07) is 10.5. The molecular formula is C11H12. The zero-order valence-electron chi connectivity index (χ0n) is 6.75. The van der Waals surface area contributed by atoms with Gasteiger partial charge < -0.3 is 0 Å². The van der Waals surface area contributed by atoms with Gasteiger partial charge in [-0.3, -0.25) is 0 Å². The summed E-state index contributed by atoms with van der Waals surface area (Å²) >= 11 is 0. The number of allylic oxidation sites excluding steroid dienone is 1. The summed E-state index contributed by atoms with van der Waals surface area (Å²) in [6.45, 7) is 2.27. The van der Waals surface area contributed by atoms with E-state index in [2.05, 4.69) is 43.3 Å². The number of benzene rings is 1. The van der Waals surface area contributed by atoms with E-state index in [4.69, 9.17) is 0 Å². The standard InChI is InChI=1S/C11H12/c1-9-7-11(9)8-10-5-3-2-4-6-10/h2-6,8-9H,7H2,1H3/b11-8+. The van der Waals surface area contributed by atoms with Crippen LogP contribution in [0.25, 0.3) is 6.08 Å². The van der Waals surface area contributed by atoms with Crippen LogP contribution in [0, 0.1) is 5.92 Å². The minimum atomic E-state index is 0.843. The topological polar surface area (TPSA) is 0 Å². The molecule has 2 rings (SSSR count). The molecule has 0 spiro atoms. The zero-order chi connectivity index (χ0) is 7.68. The van der Waals surface area contributed by atoms with E-state index in [1.807, 2.05) is 0 Å². The minimum Gasteiger partial charge on any atom is -0.0659 e. The van der Waals surface area contributed by atoms with Crippen molar-refractivity contribution < 1.29 is 0 Å². The quantitative estimate of drug-likeness (QED) is 0.568. The Bertz CT molecular complexity index is 269. The third kappa shape index (κ3) is 1.51. The Morgan fingerprint density at radius 3 is 2.45 bits per heavy atom. The molecule has 0 aliphatic heterocycles. The molecule has 1 aliphatic rings. The fraction of sp³-hybridized carbons (Fsp3) is 0.273. The highest BCUT2D eigenvalue weighted by molar-refractivity contribution is 5.57. The monoisotopic (exact) mass is 144 g/mol. The van der Waals surface area contributed by atoms with Gasteiger partial charge in [-0.1, -0.05) is 48.9 Å². The molecule has 1 fully saturated rings. The van der Waals surface area contributed by atoms with Gasteiger partial charge >= 0.3 is 0 Å². The number of hydrogen-bond donors (Lipinski definition) is 0. The van der Waals surface area contributed by atoms with Crippen molar-refractivity contribution in [1.82, 2.24) is 0 Å². The Labute approximate surface area is 67.6 Å². The summed E-state index contributed by atoms with van der Waals surface area (Å²) in [5.74, 6) is 0.843. The second kappa shape index (κ2) is 2.54. The largest absolute Gasteiger partial charge is 0.0659 e. The SMILES string of the molecule is CC1C/C1=C\c1ccccc1. The second-order valence-corrected chi connectivity index (χ2v) is 3.24. The van der Waals surface area contributed by atoms with Gasteiger partial charge in [0.15, 0.2) is 0 Å². The van der Waals surface area contributed by atoms with Crippen LogP contribution in [-0.4, -0.2) is 0 Å². The maximum atomic E-state index is 2.30. The highest BCUT2D eigenvalue weighted by Crippen LogP contribution is 2.38. The van der Waals surface area contributed by atoms with E-state index in [0.717, 1.165) is 5.92 Å². The maximum Gasteiger partial charge on any atom is -0.0191 e. The van der Waals surface area contributed by atoms with Gasteiger partial charge in [-0.25, -0.2) is 0 Å². The lowest BCUT2D eigenvalue weighted by Crippen LogP contribution is -1.67. The average Bonchev–Trinajstić information content (AvgIpc) is 2.69. The molecule has 1 saturated carbocycles. The Morgan fingerprint density at radius 1 is 1.27 bits per heavy atom. The van der Waals surface area contributed by atoms with Crippen LogP contribution in [0.3, 0.4) is 0 Å². The molecule has 0 heteroatoms. The number of hydrogen-bond acceptors (Lipinski definition) is 0. The molecule has 1 atom stereocenters. The van der Waals surface area contributed by atoms with Gasteiger partial charge in [0.1, 0.15) is 0 Å². The Hall–Kier alpha value is -1.04. The molecule has 0 amide bonds. The number of rotatable bonds is 1. The molecule has 0 nitrogen and oxygen atoms in total. The summed E-state index contributed by atoms with van der Waals surface area (Å²) in [7, 11) is 0. The first-order chi connectivity index (χ1) is 5.36. The van der Waals surface area contributed by atoms with Crippen LogP contribution < -0.4 is 0 Å². The van der Waals surface area contributed by atoms with Gasteiger partial charge in [-0.2, -0.15) is 0 Å². The summed E-state index contributed by atoms with van der Waals surface area (Å²) in [5.41, 5.74) is 2.93. The van der Waals surface area contributed by atoms with E-state index in [1.165, 1.54) is 12.0 Å². The van der Waals surface area contributed by atoms with E-state index in [-0.39, 0.29) is 0 Å². The Morgan fingerprint density at radius 2 is 1.91 bits per heavy atom. The summed E-state index contributed by atoms with van der Waals surface area (Å²) < 4.78 is 0. The van der Waals surface area contributed by atoms with Crippen LogP contribution >= 0.6 is 0 Å². The minimum absolute atomic E-state index is 0.843. The molecule has 0 N–H and O–H groups in total. The van der Waals surface area contributed by atoms with Crippen molar-refractivity contribution in [2.24, 2.45) is 5.92 Å². The van der Waals surface area contributed by atoms with Crippen LogP contribution in [0.1, 0.15) is 18.9 Å². The van der Waals surface area contributed by atoms with E-state index in [9.17, 15) is 0 Å². The van der Waals surface area contributed by atoms with E-state index < -0.39 is 0 Å². The second-order valence-electron chi connectivity index (χ2n) is 3.24. The highest BCUT2D eigenvalue weighted by atomic mass is 14.3. The molecule has 1 aliphatic carbocycles. The van der Waals surface area contributed by atoms with Crippen molar-refractivity contribution >= 4 is 6.08 Å². The normalized spacial score (nSPS) is 25.5. The maximum absolute atomic E-state index is 2.30. The first-order valence-electron chi connectivity index (χ1n) is 4.12. The summed E-state index contributed by atoms with van der Waals surface area (Å²) in [6.07, 6.45) is 3.60. The smallest absolute Gasteiger partial charge is 0.0191 e. The molecule has 1 aromatic carbocycles. The molecule has 11 heavy (non-hydrogen) atoms. The van der Waals surface area contributed by atoms with E-state index >= 15 is 0 Å². The first-order valence-corrected chi connectivity index (χ1v) is 4.12. The third-order valence-corrected chi connectivity index (χ3v) is 2.17. The fourth-order valence-electron chi connectivity index (χ4n) is 1.26. The van der Waals surface area contributed by atoms with Crippen molar-refractivity contribution in [3.63, 3.8) is 0 Å². The Balaban J connectivity index is 2.20. The van der Waals surface area contributed by atoms with E-state index in [0.29, 0.717) is 0 Å².